The number of aromatic nitrogens is 2. The van der Waals surface area contributed by atoms with E-state index in [1.807, 2.05) is 60.7 Å². The fourth-order valence-corrected chi connectivity index (χ4v) is 4.52. The van der Waals surface area contributed by atoms with Crippen LogP contribution in [0.3, 0.4) is 0 Å². The molecular formula is C24H26N6O3. The lowest BCUT2D eigenvalue weighted by atomic mass is 10.1. The van der Waals surface area contributed by atoms with E-state index in [4.69, 9.17) is 4.42 Å². The molecule has 9 heteroatoms. The number of nitrogens with one attached hydrogen (secondary N) is 3. The van der Waals surface area contributed by atoms with Gasteiger partial charge in [-0.2, -0.15) is 0 Å². The molecule has 0 spiro atoms. The van der Waals surface area contributed by atoms with Gasteiger partial charge in [-0.05, 0) is 24.1 Å². The van der Waals surface area contributed by atoms with Crippen LogP contribution in [0.4, 0.5) is 4.79 Å². The summed E-state index contributed by atoms with van der Waals surface area (Å²) in [6.07, 6.45) is 1.10. The second kappa shape index (κ2) is 9.41. The Hall–Kier alpha value is -3.72. The van der Waals surface area contributed by atoms with Crippen LogP contribution in [-0.4, -0.2) is 58.3 Å². The largest absolute Gasteiger partial charge is 0.421 e. The average Bonchev–Trinajstić information content (AvgIpc) is 3.49. The van der Waals surface area contributed by atoms with Crippen molar-refractivity contribution in [3.8, 4) is 11.5 Å². The normalized spacial score (nSPS) is 22.4. The quantitative estimate of drug-likeness (QED) is 0.532. The highest BCUT2D eigenvalue weighted by Gasteiger charge is 2.44. The number of rotatable bonds is 6. The summed E-state index contributed by atoms with van der Waals surface area (Å²) in [4.78, 5) is 27.0. The molecule has 0 aliphatic carbocycles. The van der Waals surface area contributed by atoms with Gasteiger partial charge in [-0.3, -0.25) is 9.69 Å². The van der Waals surface area contributed by atoms with Crippen molar-refractivity contribution in [2.45, 2.75) is 37.5 Å². The highest BCUT2D eigenvalue weighted by Crippen LogP contribution is 2.26. The van der Waals surface area contributed by atoms with Crippen molar-refractivity contribution < 1.29 is 14.0 Å². The zero-order valence-electron chi connectivity index (χ0n) is 18.1. The molecule has 2 aliphatic rings. The number of carbonyl (C=O) groups is 2. The van der Waals surface area contributed by atoms with Gasteiger partial charge in [0, 0.05) is 43.7 Å². The second-order valence-corrected chi connectivity index (χ2v) is 8.43. The Labute approximate surface area is 191 Å². The minimum atomic E-state index is -0.278. The van der Waals surface area contributed by atoms with Crippen LogP contribution in [0, 0.1) is 0 Å². The summed E-state index contributed by atoms with van der Waals surface area (Å²) in [6, 6.07) is 18.8. The molecule has 33 heavy (non-hydrogen) atoms. The first-order valence-electron chi connectivity index (χ1n) is 11.2. The van der Waals surface area contributed by atoms with Gasteiger partial charge in [-0.1, -0.05) is 48.5 Å². The summed E-state index contributed by atoms with van der Waals surface area (Å²) in [7, 11) is 0. The zero-order chi connectivity index (χ0) is 22.6. The molecule has 2 saturated heterocycles. The first kappa shape index (κ1) is 21.1. The fraction of sp³-hybridized carbons (Fsp3) is 0.333. The Morgan fingerprint density at radius 3 is 2.64 bits per heavy atom. The number of piperazine rings is 1. The number of hydrogen-bond acceptors (Lipinski definition) is 6. The number of benzene rings is 2. The van der Waals surface area contributed by atoms with Gasteiger partial charge in [0.05, 0.1) is 6.04 Å². The van der Waals surface area contributed by atoms with Crippen LogP contribution in [0.15, 0.2) is 65.1 Å². The van der Waals surface area contributed by atoms with Crippen LogP contribution in [0.25, 0.3) is 11.5 Å². The van der Waals surface area contributed by atoms with E-state index in [0.29, 0.717) is 44.3 Å². The van der Waals surface area contributed by atoms with Gasteiger partial charge in [0.25, 0.3) is 0 Å². The van der Waals surface area contributed by atoms with E-state index in [0.717, 1.165) is 11.1 Å². The van der Waals surface area contributed by atoms with Crippen molar-refractivity contribution in [2.24, 2.45) is 0 Å². The maximum absolute atomic E-state index is 12.5. The summed E-state index contributed by atoms with van der Waals surface area (Å²) in [5.41, 5.74) is 1.91. The zero-order valence-corrected chi connectivity index (χ0v) is 18.1. The molecule has 0 saturated carbocycles. The molecular weight excluding hydrogens is 420 g/mol. The van der Waals surface area contributed by atoms with Gasteiger partial charge in [0.2, 0.25) is 17.7 Å². The topological polar surface area (TPSA) is 112 Å². The predicted octanol–water partition coefficient (Wildman–Crippen LogP) is 1.72. The predicted molar refractivity (Wildman–Crippen MR) is 121 cm³/mol. The second-order valence-electron chi connectivity index (χ2n) is 8.43. The van der Waals surface area contributed by atoms with Crippen LogP contribution >= 0.6 is 0 Å². The maximum atomic E-state index is 12.5. The lowest BCUT2D eigenvalue weighted by Gasteiger charge is -2.36. The molecule has 3 aromatic rings. The molecule has 5 rings (SSSR count). The molecule has 3 amide bonds. The summed E-state index contributed by atoms with van der Waals surface area (Å²) in [5, 5.41) is 17.3. The molecule has 2 aromatic carbocycles. The van der Waals surface area contributed by atoms with Gasteiger partial charge < -0.3 is 20.4 Å². The molecule has 2 fully saturated rings. The average molecular weight is 447 g/mol. The Bertz CT molecular complexity index is 1100. The van der Waals surface area contributed by atoms with E-state index in [-0.39, 0.29) is 30.1 Å². The van der Waals surface area contributed by atoms with Crippen LogP contribution in [0.2, 0.25) is 0 Å². The molecule has 1 aromatic heterocycles. The smallest absolute Gasteiger partial charge is 0.315 e. The van der Waals surface area contributed by atoms with Crippen molar-refractivity contribution in [1.29, 1.82) is 0 Å². The number of nitrogens with zero attached hydrogens (tertiary/aromatic N) is 3. The Morgan fingerprint density at radius 1 is 1.09 bits per heavy atom. The van der Waals surface area contributed by atoms with Gasteiger partial charge in [-0.15, -0.1) is 10.2 Å². The van der Waals surface area contributed by atoms with Crippen molar-refractivity contribution in [1.82, 2.24) is 31.0 Å². The molecule has 3 N–H and O–H groups in total. The minimum absolute atomic E-state index is 0.00394. The lowest BCUT2D eigenvalue weighted by Crippen LogP contribution is -2.58. The van der Waals surface area contributed by atoms with E-state index in [1.54, 1.807) is 0 Å². The molecule has 3 atom stereocenters. The summed E-state index contributed by atoms with van der Waals surface area (Å²) >= 11 is 0. The highest BCUT2D eigenvalue weighted by molar-refractivity contribution is 5.83. The molecule has 3 heterocycles. The van der Waals surface area contributed by atoms with Crippen molar-refractivity contribution in [3.63, 3.8) is 0 Å². The molecule has 0 unspecified atom stereocenters. The van der Waals surface area contributed by atoms with E-state index in [1.165, 1.54) is 0 Å². The lowest BCUT2D eigenvalue weighted by molar-refractivity contribution is -0.129. The van der Waals surface area contributed by atoms with Gasteiger partial charge in [0.15, 0.2) is 0 Å². The van der Waals surface area contributed by atoms with Crippen LogP contribution in [0.5, 0.6) is 0 Å². The monoisotopic (exact) mass is 446 g/mol. The summed E-state index contributed by atoms with van der Waals surface area (Å²) in [5.74, 6) is 1.01. The third-order valence-corrected chi connectivity index (χ3v) is 6.15. The first-order valence-corrected chi connectivity index (χ1v) is 11.2. The number of hydrogen-bond donors (Lipinski definition) is 3. The fourth-order valence-electron chi connectivity index (χ4n) is 4.52. The molecule has 0 bridgehead atoms. The number of fused-ring (bicyclic) bond motifs is 1. The van der Waals surface area contributed by atoms with Crippen molar-refractivity contribution in [3.05, 3.63) is 72.1 Å². The summed E-state index contributed by atoms with van der Waals surface area (Å²) in [6.45, 7) is 1.56. The Kier molecular flexibility index (Phi) is 6.03. The van der Waals surface area contributed by atoms with E-state index >= 15 is 0 Å². The van der Waals surface area contributed by atoms with E-state index in [9.17, 15) is 9.59 Å². The minimum Gasteiger partial charge on any atom is -0.421 e. The SMILES string of the molecule is O=C(NCc1ccccc1)N[C@H]1C[C@H]2C(=O)NC[C@@H](Cc3nnc(-c4ccccc4)o3)N2C1. The van der Waals surface area contributed by atoms with Gasteiger partial charge in [0.1, 0.15) is 0 Å². The number of amides is 3. The maximum Gasteiger partial charge on any atom is 0.315 e. The first-order chi connectivity index (χ1) is 16.2. The van der Waals surface area contributed by atoms with Crippen LogP contribution < -0.4 is 16.0 Å². The molecule has 170 valence electrons. The summed E-state index contributed by atoms with van der Waals surface area (Å²) < 4.78 is 5.87. The third kappa shape index (κ3) is 4.88. The molecule has 9 nitrogen and oxygen atoms in total. The van der Waals surface area contributed by atoms with E-state index < -0.39 is 0 Å². The Morgan fingerprint density at radius 2 is 1.85 bits per heavy atom. The van der Waals surface area contributed by atoms with Gasteiger partial charge in [-0.25, -0.2) is 4.79 Å². The number of urea groups is 1. The van der Waals surface area contributed by atoms with Crippen molar-refractivity contribution >= 4 is 11.9 Å². The van der Waals surface area contributed by atoms with Gasteiger partial charge >= 0.3 is 6.03 Å². The standard InChI is InChI=1S/C24H26N6O3/c31-22-20-11-18(27-24(32)26-13-16-7-3-1-4-8-16)15-30(20)19(14-25-22)12-21-28-29-23(33-21)17-9-5-2-6-10-17/h1-10,18-20H,11-15H2,(H,25,31)(H2,26,27,32)/t18-,19+,20-/m0/s1. The van der Waals surface area contributed by atoms with Crippen LogP contribution in [-0.2, 0) is 17.8 Å². The molecule has 2 aliphatic heterocycles. The van der Waals surface area contributed by atoms with Crippen molar-refractivity contribution in [2.75, 3.05) is 13.1 Å². The third-order valence-electron chi connectivity index (χ3n) is 6.15. The highest BCUT2D eigenvalue weighted by atomic mass is 16.4. The van der Waals surface area contributed by atoms with E-state index in [2.05, 4.69) is 31.0 Å². The Balaban J connectivity index is 1.19. The molecule has 0 radical (unpaired) electrons. The number of carbonyl (C=O) groups excluding carboxylic acids is 2. The van der Waals surface area contributed by atoms with Crippen LogP contribution in [0.1, 0.15) is 17.9 Å².